The molecule has 1 heterocycles. The van der Waals surface area contributed by atoms with Crippen molar-refractivity contribution in [2.24, 2.45) is 0 Å². The van der Waals surface area contributed by atoms with E-state index in [1.165, 1.54) is 5.56 Å². The summed E-state index contributed by atoms with van der Waals surface area (Å²) in [6.45, 7) is 0.122. The first kappa shape index (κ1) is 17.0. The fourth-order valence-corrected chi connectivity index (χ4v) is 2.91. The Labute approximate surface area is 157 Å². The van der Waals surface area contributed by atoms with Crippen LogP contribution >= 0.6 is 0 Å². The molecule has 0 radical (unpaired) electrons. The van der Waals surface area contributed by atoms with Crippen molar-refractivity contribution in [2.45, 2.75) is 6.42 Å². The summed E-state index contributed by atoms with van der Waals surface area (Å²) in [7, 11) is 0. The molecule has 5 nitrogen and oxygen atoms in total. The topological polar surface area (TPSA) is 56.8 Å². The van der Waals surface area contributed by atoms with Gasteiger partial charge >= 0.3 is 0 Å². The molecule has 0 saturated heterocycles. The van der Waals surface area contributed by atoms with Crippen LogP contribution in [0.25, 0.3) is 0 Å². The van der Waals surface area contributed by atoms with Gasteiger partial charge in [0.2, 0.25) is 6.79 Å². The molecule has 3 aromatic rings. The van der Waals surface area contributed by atoms with E-state index in [4.69, 9.17) is 14.2 Å². The second-order valence-corrected chi connectivity index (χ2v) is 6.17. The van der Waals surface area contributed by atoms with Gasteiger partial charge in [0.25, 0.3) is 5.91 Å². The van der Waals surface area contributed by atoms with Gasteiger partial charge in [0.05, 0.1) is 0 Å². The van der Waals surface area contributed by atoms with Crippen molar-refractivity contribution in [2.75, 3.05) is 18.7 Å². The third-order valence-corrected chi connectivity index (χ3v) is 4.24. The lowest BCUT2D eigenvalue weighted by Crippen LogP contribution is -2.21. The molecule has 1 amide bonds. The smallest absolute Gasteiger partial charge is 0.262 e. The van der Waals surface area contributed by atoms with Gasteiger partial charge in [-0.2, -0.15) is 0 Å². The summed E-state index contributed by atoms with van der Waals surface area (Å²) in [6.07, 6.45) is 0.750. The summed E-state index contributed by atoms with van der Waals surface area (Å²) in [6, 6.07) is 23.2. The maximum absolute atomic E-state index is 12.3. The van der Waals surface area contributed by atoms with Crippen molar-refractivity contribution in [3.8, 4) is 17.2 Å². The van der Waals surface area contributed by atoms with Crippen LogP contribution in [0.3, 0.4) is 0 Å². The van der Waals surface area contributed by atoms with Crippen LogP contribution in [0.2, 0.25) is 0 Å². The lowest BCUT2D eigenvalue weighted by Gasteiger charge is -2.12. The zero-order chi connectivity index (χ0) is 18.5. The highest BCUT2D eigenvalue weighted by atomic mass is 16.7. The fourth-order valence-electron chi connectivity index (χ4n) is 2.91. The molecule has 0 spiro atoms. The minimum absolute atomic E-state index is 0.0840. The monoisotopic (exact) mass is 361 g/mol. The van der Waals surface area contributed by atoms with Crippen molar-refractivity contribution in [1.29, 1.82) is 0 Å². The number of ether oxygens (including phenoxy) is 3. The molecule has 136 valence electrons. The van der Waals surface area contributed by atoms with E-state index in [-0.39, 0.29) is 19.3 Å². The number of carbonyl (C=O) groups is 1. The minimum Gasteiger partial charge on any atom is -0.484 e. The second-order valence-electron chi connectivity index (χ2n) is 6.17. The molecule has 4 rings (SSSR count). The maximum Gasteiger partial charge on any atom is 0.262 e. The molecule has 0 unspecified atom stereocenters. The Morgan fingerprint density at radius 2 is 1.70 bits per heavy atom. The number of anilines is 1. The Balaban J connectivity index is 1.38. The van der Waals surface area contributed by atoms with Crippen LogP contribution < -0.4 is 19.5 Å². The van der Waals surface area contributed by atoms with Crippen molar-refractivity contribution in [1.82, 2.24) is 0 Å². The summed E-state index contributed by atoms with van der Waals surface area (Å²) in [5.74, 6) is 1.66. The number of carbonyl (C=O) groups excluding carboxylic acids is 1. The van der Waals surface area contributed by atoms with Crippen LogP contribution in [0.1, 0.15) is 11.1 Å². The minimum atomic E-state index is -0.215. The van der Waals surface area contributed by atoms with Gasteiger partial charge in [0.15, 0.2) is 18.1 Å². The summed E-state index contributed by atoms with van der Waals surface area (Å²) in [5, 5.41) is 2.93. The largest absolute Gasteiger partial charge is 0.484 e. The molecule has 3 aromatic carbocycles. The van der Waals surface area contributed by atoms with Gasteiger partial charge < -0.3 is 19.5 Å². The zero-order valence-corrected chi connectivity index (χ0v) is 14.7. The highest BCUT2D eigenvalue weighted by Crippen LogP contribution is 2.35. The Kier molecular flexibility index (Phi) is 4.92. The molecule has 0 bridgehead atoms. The standard InChI is InChI=1S/C22H19NO4/c24-22(14-25-18-10-11-20-21(13-18)27-15-26-20)23-19-9-5-4-8-17(19)12-16-6-2-1-3-7-16/h1-11,13H,12,14-15H2,(H,23,24). The molecule has 0 atom stereocenters. The van der Waals surface area contributed by atoms with Gasteiger partial charge in [-0.3, -0.25) is 4.79 Å². The van der Waals surface area contributed by atoms with Crippen molar-refractivity contribution < 1.29 is 19.0 Å². The molecular weight excluding hydrogens is 342 g/mol. The van der Waals surface area contributed by atoms with Crippen molar-refractivity contribution in [3.63, 3.8) is 0 Å². The third kappa shape index (κ3) is 4.20. The number of rotatable bonds is 6. The quantitative estimate of drug-likeness (QED) is 0.720. The van der Waals surface area contributed by atoms with E-state index in [1.54, 1.807) is 18.2 Å². The van der Waals surface area contributed by atoms with Gasteiger partial charge in [-0.05, 0) is 35.7 Å². The van der Waals surface area contributed by atoms with Crippen LogP contribution in [-0.4, -0.2) is 19.3 Å². The molecule has 0 saturated carbocycles. The number of amides is 1. The Bertz CT molecular complexity index is 940. The number of hydrogen-bond donors (Lipinski definition) is 1. The van der Waals surface area contributed by atoms with E-state index >= 15 is 0 Å². The van der Waals surface area contributed by atoms with Gasteiger partial charge in [0.1, 0.15) is 5.75 Å². The van der Waals surface area contributed by atoms with Crippen molar-refractivity contribution in [3.05, 3.63) is 83.9 Å². The Morgan fingerprint density at radius 1 is 0.926 bits per heavy atom. The number of para-hydroxylation sites is 1. The van der Waals surface area contributed by atoms with Crippen LogP contribution in [0.5, 0.6) is 17.2 Å². The average molecular weight is 361 g/mol. The molecule has 27 heavy (non-hydrogen) atoms. The molecule has 0 fully saturated rings. The first-order valence-electron chi connectivity index (χ1n) is 8.72. The van der Waals surface area contributed by atoms with Gasteiger partial charge in [-0.25, -0.2) is 0 Å². The molecule has 1 aliphatic heterocycles. The molecule has 1 N–H and O–H groups in total. The highest BCUT2D eigenvalue weighted by Gasteiger charge is 2.14. The van der Waals surface area contributed by atoms with Crippen LogP contribution in [0.15, 0.2) is 72.8 Å². The summed E-state index contributed by atoms with van der Waals surface area (Å²) in [5.41, 5.74) is 3.04. The van der Waals surface area contributed by atoms with Crippen LogP contribution in [0.4, 0.5) is 5.69 Å². The lowest BCUT2D eigenvalue weighted by atomic mass is 10.0. The molecule has 0 aromatic heterocycles. The highest BCUT2D eigenvalue weighted by molar-refractivity contribution is 5.92. The molecule has 0 aliphatic carbocycles. The SMILES string of the molecule is O=C(COc1ccc2c(c1)OCO2)Nc1ccccc1Cc1ccccc1. The average Bonchev–Trinajstić information content (AvgIpc) is 3.17. The number of benzene rings is 3. The zero-order valence-electron chi connectivity index (χ0n) is 14.7. The third-order valence-electron chi connectivity index (χ3n) is 4.24. The fraction of sp³-hybridized carbons (Fsp3) is 0.136. The van der Waals surface area contributed by atoms with Crippen LogP contribution in [-0.2, 0) is 11.2 Å². The Morgan fingerprint density at radius 3 is 2.59 bits per heavy atom. The van der Waals surface area contributed by atoms with E-state index in [1.807, 2.05) is 42.5 Å². The van der Waals surface area contributed by atoms with Crippen LogP contribution in [0, 0.1) is 0 Å². The van der Waals surface area contributed by atoms with E-state index in [2.05, 4.69) is 17.4 Å². The van der Waals surface area contributed by atoms with Gasteiger partial charge in [0, 0.05) is 11.8 Å². The van der Waals surface area contributed by atoms with Crippen molar-refractivity contribution >= 4 is 11.6 Å². The molecule has 1 aliphatic rings. The summed E-state index contributed by atoms with van der Waals surface area (Å²) >= 11 is 0. The van der Waals surface area contributed by atoms with E-state index < -0.39 is 0 Å². The first-order chi connectivity index (χ1) is 13.3. The normalized spacial score (nSPS) is 11.9. The Hall–Kier alpha value is -3.47. The predicted molar refractivity (Wildman–Crippen MR) is 102 cm³/mol. The molecule has 5 heteroatoms. The first-order valence-corrected chi connectivity index (χ1v) is 8.72. The number of fused-ring (bicyclic) bond motifs is 1. The maximum atomic E-state index is 12.3. The van der Waals surface area contributed by atoms with Gasteiger partial charge in [-0.15, -0.1) is 0 Å². The summed E-state index contributed by atoms with van der Waals surface area (Å²) < 4.78 is 16.1. The van der Waals surface area contributed by atoms with Gasteiger partial charge in [-0.1, -0.05) is 48.5 Å². The van der Waals surface area contributed by atoms with E-state index in [9.17, 15) is 4.79 Å². The number of nitrogens with one attached hydrogen (secondary N) is 1. The second kappa shape index (κ2) is 7.83. The van der Waals surface area contributed by atoms with E-state index in [0.717, 1.165) is 17.7 Å². The van der Waals surface area contributed by atoms with E-state index in [0.29, 0.717) is 17.2 Å². The summed E-state index contributed by atoms with van der Waals surface area (Å²) in [4.78, 5) is 12.3. The number of hydrogen-bond acceptors (Lipinski definition) is 4. The predicted octanol–water partition coefficient (Wildman–Crippen LogP) is 4.02. The lowest BCUT2D eigenvalue weighted by molar-refractivity contribution is -0.118. The molecular formula is C22H19NO4.